The van der Waals surface area contributed by atoms with E-state index in [0.29, 0.717) is 17.7 Å². The lowest BCUT2D eigenvalue weighted by molar-refractivity contribution is 0.0696. The van der Waals surface area contributed by atoms with Crippen molar-refractivity contribution >= 4 is 5.97 Å². The molecule has 0 bridgehead atoms. The van der Waals surface area contributed by atoms with Crippen LogP contribution < -0.4 is 0 Å². The van der Waals surface area contributed by atoms with E-state index in [1.165, 1.54) is 19.2 Å². The minimum absolute atomic E-state index is 0.112. The number of hydrogen-bond acceptors (Lipinski definition) is 3. The summed E-state index contributed by atoms with van der Waals surface area (Å²) in [6.07, 6.45) is 0. The van der Waals surface area contributed by atoms with Gasteiger partial charge in [-0.25, -0.2) is 4.79 Å². The Morgan fingerprint density at radius 2 is 2.36 bits per heavy atom. The van der Waals surface area contributed by atoms with E-state index in [-0.39, 0.29) is 5.56 Å². The summed E-state index contributed by atoms with van der Waals surface area (Å²) in [5.74, 6) is -1.04. The molecule has 0 radical (unpaired) electrons. The molecule has 0 fully saturated rings. The summed E-state index contributed by atoms with van der Waals surface area (Å²) in [7, 11) is 1.52. The maximum atomic E-state index is 10.6. The number of nitriles is 1. The Labute approximate surface area is 81.4 Å². The molecule has 0 spiro atoms. The van der Waals surface area contributed by atoms with Crippen LogP contribution in [0.5, 0.6) is 0 Å². The summed E-state index contributed by atoms with van der Waals surface area (Å²) >= 11 is 0. The zero-order chi connectivity index (χ0) is 10.6. The molecule has 4 heteroatoms. The summed E-state index contributed by atoms with van der Waals surface area (Å²) in [6, 6.07) is 6.32. The van der Waals surface area contributed by atoms with Crippen LogP contribution in [0.3, 0.4) is 0 Å². The van der Waals surface area contributed by atoms with Crippen molar-refractivity contribution in [3.63, 3.8) is 0 Å². The highest BCUT2D eigenvalue weighted by Crippen LogP contribution is 2.12. The largest absolute Gasteiger partial charge is 0.478 e. The summed E-state index contributed by atoms with van der Waals surface area (Å²) in [6.45, 7) is 0.308. The highest BCUT2D eigenvalue weighted by molar-refractivity contribution is 5.88. The van der Waals surface area contributed by atoms with Gasteiger partial charge in [-0.2, -0.15) is 5.26 Å². The molecule has 1 aromatic rings. The van der Waals surface area contributed by atoms with Crippen LogP contribution in [0.1, 0.15) is 21.5 Å². The molecule has 1 rings (SSSR count). The van der Waals surface area contributed by atoms with E-state index in [1.54, 1.807) is 6.07 Å². The second kappa shape index (κ2) is 4.40. The van der Waals surface area contributed by atoms with Crippen LogP contribution in [-0.2, 0) is 11.3 Å². The van der Waals surface area contributed by atoms with Crippen molar-refractivity contribution in [2.24, 2.45) is 0 Å². The quantitative estimate of drug-likeness (QED) is 0.783. The molecule has 0 saturated carbocycles. The predicted molar refractivity (Wildman–Crippen MR) is 48.8 cm³/mol. The third-order valence-corrected chi connectivity index (χ3v) is 1.78. The normalized spacial score (nSPS) is 9.43. The minimum atomic E-state index is -1.04. The standard InChI is InChI=1S/C10H9NO3/c1-14-6-8-3-2-7(10(12)13)4-9(8)5-11/h2-4H,6H2,1H3,(H,12,13). The minimum Gasteiger partial charge on any atom is -0.478 e. The molecule has 1 N–H and O–H groups in total. The average molecular weight is 191 g/mol. The molecular weight excluding hydrogens is 182 g/mol. The molecule has 0 aliphatic carbocycles. The van der Waals surface area contributed by atoms with E-state index >= 15 is 0 Å². The number of ether oxygens (including phenoxy) is 1. The molecular formula is C10H9NO3. The second-order valence-corrected chi connectivity index (χ2v) is 2.72. The smallest absolute Gasteiger partial charge is 0.335 e. The van der Waals surface area contributed by atoms with Gasteiger partial charge in [0, 0.05) is 7.11 Å². The highest BCUT2D eigenvalue weighted by atomic mass is 16.5. The summed E-state index contributed by atoms with van der Waals surface area (Å²) in [4.78, 5) is 10.6. The first-order chi connectivity index (χ1) is 6.69. The van der Waals surface area contributed by atoms with Crippen LogP contribution in [0.25, 0.3) is 0 Å². The molecule has 0 aliphatic heterocycles. The Morgan fingerprint density at radius 3 is 2.86 bits per heavy atom. The van der Waals surface area contributed by atoms with Gasteiger partial charge in [0.1, 0.15) is 0 Å². The lowest BCUT2D eigenvalue weighted by Gasteiger charge is -2.03. The molecule has 1 aromatic carbocycles. The van der Waals surface area contributed by atoms with Crippen LogP contribution >= 0.6 is 0 Å². The first kappa shape index (κ1) is 10.2. The van der Waals surface area contributed by atoms with Crippen molar-refractivity contribution in [2.45, 2.75) is 6.61 Å². The van der Waals surface area contributed by atoms with Gasteiger partial charge in [0.2, 0.25) is 0 Å². The maximum Gasteiger partial charge on any atom is 0.335 e. The van der Waals surface area contributed by atoms with Crippen molar-refractivity contribution < 1.29 is 14.6 Å². The Bertz CT molecular complexity index is 393. The van der Waals surface area contributed by atoms with Crippen molar-refractivity contribution in [1.82, 2.24) is 0 Å². The lowest BCUT2D eigenvalue weighted by Crippen LogP contribution is -1.99. The number of rotatable bonds is 3. The van der Waals surface area contributed by atoms with E-state index in [1.807, 2.05) is 6.07 Å². The molecule has 14 heavy (non-hydrogen) atoms. The van der Waals surface area contributed by atoms with Crippen LogP contribution in [-0.4, -0.2) is 18.2 Å². The van der Waals surface area contributed by atoms with E-state index in [4.69, 9.17) is 15.1 Å². The number of aromatic carboxylic acids is 1. The molecule has 0 aliphatic rings. The Balaban J connectivity index is 3.13. The van der Waals surface area contributed by atoms with E-state index in [9.17, 15) is 4.79 Å². The Morgan fingerprint density at radius 1 is 1.64 bits per heavy atom. The number of carboxylic acids is 1. The predicted octanol–water partition coefficient (Wildman–Crippen LogP) is 1.40. The average Bonchev–Trinajstić information content (AvgIpc) is 2.18. The zero-order valence-corrected chi connectivity index (χ0v) is 7.65. The molecule has 0 unspecified atom stereocenters. The van der Waals surface area contributed by atoms with Gasteiger partial charge in [-0.1, -0.05) is 6.07 Å². The topological polar surface area (TPSA) is 70.3 Å². The first-order valence-corrected chi connectivity index (χ1v) is 3.94. The molecule has 0 saturated heterocycles. The number of hydrogen-bond donors (Lipinski definition) is 1. The fraction of sp³-hybridized carbons (Fsp3) is 0.200. The second-order valence-electron chi connectivity index (χ2n) is 2.72. The third kappa shape index (κ3) is 2.09. The fourth-order valence-electron chi connectivity index (χ4n) is 1.09. The van der Waals surface area contributed by atoms with Crippen molar-refractivity contribution in [3.05, 3.63) is 34.9 Å². The van der Waals surface area contributed by atoms with Crippen molar-refractivity contribution in [2.75, 3.05) is 7.11 Å². The Hall–Kier alpha value is -1.86. The number of carboxylic acid groups (broad SMARTS) is 1. The number of methoxy groups -OCH3 is 1. The zero-order valence-electron chi connectivity index (χ0n) is 7.65. The van der Waals surface area contributed by atoms with Crippen LogP contribution in [0.4, 0.5) is 0 Å². The van der Waals surface area contributed by atoms with Gasteiger partial charge in [-0.3, -0.25) is 0 Å². The summed E-state index contributed by atoms with van der Waals surface area (Å²) in [5, 5.41) is 17.4. The van der Waals surface area contributed by atoms with Crippen LogP contribution in [0.2, 0.25) is 0 Å². The summed E-state index contributed by atoms with van der Waals surface area (Å²) < 4.78 is 4.87. The molecule has 0 amide bonds. The van der Waals surface area contributed by atoms with Crippen molar-refractivity contribution in [1.29, 1.82) is 5.26 Å². The fourth-order valence-corrected chi connectivity index (χ4v) is 1.09. The van der Waals surface area contributed by atoms with Gasteiger partial charge in [-0.05, 0) is 17.7 Å². The van der Waals surface area contributed by atoms with E-state index in [0.717, 1.165) is 0 Å². The van der Waals surface area contributed by atoms with Crippen LogP contribution in [0, 0.1) is 11.3 Å². The molecule has 4 nitrogen and oxygen atoms in total. The summed E-state index contributed by atoms with van der Waals surface area (Å²) in [5.41, 5.74) is 1.15. The van der Waals surface area contributed by atoms with Gasteiger partial charge in [0.15, 0.2) is 0 Å². The first-order valence-electron chi connectivity index (χ1n) is 3.94. The SMILES string of the molecule is COCc1ccc(C(=O)O)cc1C#N. The molecule has 72 valence electrons. The number of carbonyl (C=O) groups is 1. The maximum absolute atomic E-state index is 10.6. The van der Waals surface area contributed by atoms with Crippen LogP contribution in [0.15, 0.2) is 18.2 Å². The molecule has 0 atom stereocenters. The third-order valence-electron chi connectivity index (χ3n) is 1.78. The number of benzene rings is 1. The highest BCUT2D eigenvalue weighted by Gasteiger charge is 2.07. The lowest BCUT2D eigenvalue weighted by atomic mass is 10.1. The monoisotopic (exact) mass is 191 g/mol. The molecule has 0 aromatic heterocycles. The van der Waals surface area contributed by atoms with Gasteiger partial charge < -0.3 is 9.84 Å². The number of nitrogens with zero attached hydrogens (tertiary/aromatic N) is 1. The van der Waals surface area contributed by atoms with E-state index < -0.39 is 5.97 Å². The van der Waals surface area contributed by atoms with Crippen molar-refractivity contribution in [3.8, 4) is 6.07 Å². The van der Waals surface area contributed by atoms with E-state index in [2.05, 4.69) is 0 Å². The van der Waals surface area contributed by atoms with Gasteiger partial charge in [-0.15, -0.1) is 0 Å². The van der Waals surface area contributed by atoms with Gasteiger partial charge >= 0.3 is 5.97 Å². The van der Waals surface area contributed by atoms with Gasteiger partial charge in [0.05, 0.1) is 23.8 Å². The Kier molecular flexibility index (Phi) is 3.21. The molecule has 0 heterocycles. The van der Waals surface area contributed by atoms with Gasteiger partial charge in [0.25, 0.3) is 0 Å².